The van der Waals surface area contributed by atoms with Gasteiger partial charge in [-0.1, -0.05) is 66.7 Å². The smallest absolute Gasteiger partial charge is 0.274 e. The lowest BCUT2D eigenvalue weighted by molar-refractivity contribution is -0.385. The predicted octanol–water partition coefficient (Wildman–Crippen LogP) is 4.67. The van der Waals surface area contributed by atoms with Crippen LogP contribution in [0.5, 0.6) is 0 Å². The Hall–Kier alpha value is -3.47. The zero-order valence-electron chi connectivity index (χ0n) is 14.3. The maximum atomic E-state index is 13.0. The van der Waals surface area contributed by atoms with Crippen LogP contribution in [0.3, 0.4) is 0 Å². The number of anilines is 1. The van der Waals surface area contributed by atoms with Crippen molar-refractivity contribution in [3.63, 3.8) is 0 Å². The van der Waals surface area contributed by atoms with E-state index in [-0.39, 0.29) is 11.6 Å². The van der Waals surface area contributed by atoms with Gasteiger partial charge in [-0.25, -0.2) is 0 Å². The average molecular weight is 346 g/mol. The molecule has 3 aromatic rings. The van der Waals surface area contributed by atoms with E-state index < -0.39 is 10.8 Å². The van der Waals surface area contributed by atoms with E-state index in [1.54, 1.807) is 19.1 Å². The van der Waals surface area contributed by atoms with Gasteiger partial charge in [0, 0.05) is 17.3 Å². The Balaban J connectivity index is 1.94. The Morgan fingerprint density at radius 3 is 1.96 bits per heavy atom. The van der Waals surface area contributed by atoms with E-state index in [1.807, 2.05) is 60.7 Å². The molecule has 0 saturated heterocycles. The molecule has 0 spiro atoms. The zero-order valence-corrected chi connectivity index (χ0v) is 14.3. The first-order chi connectivity index (χ1) is 12.6. The van der Waals surface area contributed by atoms with Gasteiger partial charge in [0.1, 0.15) is 0 Å². The summed E-state index contributed by atoms with van der Waals surface area (Å²) >= 11 is 0. The number of carbonyl (C=O) groups excluding carboxylic acids is 1. The van der Waals surface area contributed by atoms with Crippen LogP contribution in [0, 0.1) is 17.0 Å². The van der Waals surface area contributed by atoms with Crippen LogP contribution >= 0.6 is 0 Å². The van der Waals surface area contributed by atoms with E-state index in [4.69, 9.17) is 0 Å². The van der Waals surface area contributed by atoms with Crippen molar-refractivity contribution < 1.29 is 9.72 Å². The van der Waals surface area contributed by atoms with Gasteiger partial charge >= 0.3 is 0 Å². The van der Waals surface area contributed by atoms with E-state index in [0.717, 1.165) is 11.1 Å². The van der Waals surface area contributed by atoms with Crippen molar-refractivity contribution in [2.24, 2.45) is 0 Å². The van der Waals surface area contributed by atoms with Gasteiger partial charge in [-0.15, -0.1) is 0 Å². The number of rotatable bonds is 5. The highest BCUT2D eigenvalue weighted by atomic mass is 16.6. The minimum atomic E-state index is -0.502. The largest absolute Gasteiger partial charge is 0.325 e. The Kier molecular flexibility index (Phi) is 5.08. The highest BCUT2D eigenvalue weighted by Gasteiger charge is 2.23. The summed E-state index contributed by atoms with van der Waals surface area (Å²) in [7, 11) is 0. The first-order valence-electron chi connectivity index (χ1n) is 8.22. The second kappa shape index (κ2) is 7.61. The van der Waals surface area contributed by atoms with Crippen LogP contribution in [0.2, 0.25) is 0 Å². The van der Waals surface area contributed by atoms with Crippen molar-refractivity contribution >= 4 is 17.3 Å². The van der Waals surface area contributed by atoms with E-state index in [9.17, 15) is 14.9 Å². The molecule has 5 nitrogen and oxygen atoms in total. The fourth-order valence-electron chi connectivity index (χ4n) is 2.88. The summed E-state index contributed by atoms with van der Waals surface area (Å²) < 4.78 is 0. The summed E-state index contributed by atoms with van der Waals surface area (Å²) in [5.41, 5.74) is 2.66. The summed E-state index contributed by atoms with van der Waals surface area (Å²) in [5, 5.41) is 13.9. The van der Waals surface area contributed by atoms with E-state index in [2.05, 4.69) is 5.32 Å². The third kappa shape index (κ3) is 3.78. The second-order valence-corrected chi connectivity index (χ2v) is 6.00. The molecule has 5 heteroatoms. The Bertz CT molecular complexity index is 885. The molecule has 3 aromatic carbocycles. The molecule has 0 heterocycles. The SMILES string of the molecule is Cc1ccc(NC(=O)C(c2ccccc2)c2ccccc2)cc1[N+](=O)[O-]. The molecule has 0 aromatic heterocycles. The molecule has 0 unspecified atom stereocenters. The van der Waals surface area contributed by atoms with Gasteiger partial charge in [-0.2, -0.15) is 0 Å². The Morgan fingerprint density at radius 2 is 1.46 bits per heavy atom. The molecule has 3 rings (SSSR count). The van der Waals surface area contributed by atoms with E-state index in [1.165, 1.54) is 6.07 Å². The second-order valence-electron chi connectivity index (χ2n) is 6.00. The molecule has 0 aliphatic heterocycles. The van der Waals surface area contributed by atoms with Crippen LogP contribution < -0.4 is 5.32 Å². The van der Waals surface area contributed by atoms with Crippen LogP contribution in [-0.2, 0) is 4.79 Å². The van der Waals surface area contributed by atoms with Crippen molar-refractivity contribution in [3.05, 3.63) is 106 Å². The first-order valence-corrected chi connectivity index (χ1v) is 8.22. The van der Waals surface area contributed by atoms with Crippen LogP contribution in [0.1, 0.15) is 22.6 Å². The summed E-state index contributed by atoms with van der Waals surface area (Å²) in [6, 6.07) is 23.6. The van der Waals surface area contributed by atoms with Gasteiger partial charge in [0.25, 0.3) is 5.69 Å². The van der Waals surface area contributed by atoms with Crippen LogP contribution in [-0.4, -0.2) is 10.8 Å². The maximum Gasteiger partial charge on any atom is 0.274 e. The van der Waals surface area contributed by atoms with Crippen molar-refractivity contribution in [3.8, 4) is 0 Å². The molecule has 0 bridgehead atoms. The summed E-state index contributed by atoms with van der Waals surface area (Å²) in [6.07, 6.45) is 0. The van der Waals surface area contributed by atoms with Gasteiger partial charge in [-0.3, -0.25) is 14.9 Å². The van der Waals surface area contributed by atoms with Gasteiger partial charge in [0.05, 0.1) is 10.8 Å². The van der Waals surface area contributed by atoms with Crippen molar-refractivity contribution in [2.75, 3.05) is 5.32 Å². The van der Waals surface area contributed by atoms with Crippen LogP contribution in [0.15, 0.2) is 78.9 Å². The van der Waals surface area contributed by atoms with Gasteiger partial charge in [0.2, 0.25) is 5.91 Å². The summed E-state index contributed by atoms with van der Waals surface area (Å²) in [6.45, 7) is 1.67. The molecule has 0 aliphatic rings. The fourth-order valence-corrected chi connectivity index (χ4v) is 2.88. The molecule has 0 fully saturated rings. The van der Waals surface area contributed by atoms with E-state index >= 15 is 0 Å². The lowest BCUT2D eigenvalue weighted by atomic mass is 9.90. The summed E-state index contributed by atoms with van der Waals surface area (Å²) in [5.74, 6) is -0.738. The molecule has 0 atom stereocenters. The predicted molar refractivity (Wildman–Crippen MR) is 101 cm³/mol. The highest BCUT2D eigenvalue weighted by Crippen LogP contribution is 2.28. The number of benzene rings is 3. The first kappa shape index (κ1) is 17.4. The molecular weight excluding hydrogens is 328 g/mol. The quantitative estimate of drug-likeness (QED) is 0.539. The molecule has 130 valence electrons. The Morgan fingerprint density at radius 1 is 0.923 bits per heavy atom. The van der Waals surface area contributed by atoms with Crippen molar-refractivity contribution in [2.45, 2.75) is 12.8 Å². The number of aryl methyl sites for hydroxylation is 1. The number of carbonyl (C=O) groups is 1. The number of nitro benzene ring substituents is 1. The van der Waals surface area contributed by atoms with Crippen LogP contribution in [0.4, 0.5) is 11.4 Å². The van der Waals surface area contributed by atoms with Gasteiger partial charge in [0.15, 0.2) is 0 Å². The molecule has 0 aliphatic carbocycles. The van der Waals surface area contributed by atoms with Gasteiger partial charge < -0.3 is 5.32 Å². The lowest BCUT2D eigenvalue weighted by Crippen LogP contribution is -2.22. The third-order valence-electron chi connectivity index (χ3n) is 4.20. The molecule has 1 N–H and O–H groups in total. The number of nitrogens with zero attached hydrogens (tertiary/aromatic N) is 1. The van der Waals surface area contributed by atoms with E-state index in [0.29, 0.717) is 11.3 Å². The normalized spacial score (nSPS) is 10.5. The van der Waals surface area contributed by atoms with Crippen LogP contribution in [0.25, 0.3) is 0 Å². The lowest BCUT2D eigenvalue weighted by Gasteiger charge is -2.18. The van der Waals surface area contributed by atoms with Gasteiger partial charge in [-0.05, 0) is 24.1 Å². The third-order valence-corrected chi connectivity index (χ3v) is 4.20. The number of hydrogen-bond acceptors (Lipinski definition) is 3. The number of amides is 1. The molecule has 0 saturated carbocycles. The number of hydrogen-bond donors (Lipinski definition) is 1. The maximum absolute atomic E-state index is 13.0. The molecule has 0 radical (unpaired) electrons. The number of nitrogens with one attached hydrogen (secondary N) is 1. The monoisotopic (exact) mass is 346 g/mol. The topological polar surface area (TPSA) is 72.2 Å². The fraction of sp³-hybridized carbons (Fsp3) is 0.0952. The minimum Gasteiger partial charge on any atom is -0.325 e. The standard InChI is InChI=1S/C21H18N2O3/c1-15-12-13-18(14-19(15)23(25)26)22-21(24)20(16-8-4-2-5-9-16)17-10-6-3-7-11-17/h2-14,20H,1H3,(H,22,24). The zero-order chi connectivity index (χ0) is 18.5. The molecule has 1 amide bonds. The minimum absolute atomic E-state index is 0.0150. The molecular formula is C21H18N2O3. The average Bonchev–Trinajstić information content (AvgIpc) is 2.65. The van der Waals surface area contributed by atoms with Crippen molar-refractivity contribution in [1.29, 1.82) is 0 Å². The molecule has 26 heavy (non-hydrogen) atoms. The highest BCUT2D eigenvalue weighted by molar-refractivity contribution is 5.98. The summed E-state index contributed by atoms with van der Waals surface area (Å²) in [4.78, 5) is 23.7. The number of nitro groups is 1. The Labute approximate surface area is 151 Å². The van der Waals surface area contributed by atoms with Crippen molar-refractivity contribution in [1.82, 2.24) is 0 Å².